The molecule has 1 N–H and O–H groups in total. The van der Waals surface area contributed by atoms with Crippen LogP contribution >= 0.6 is 0 Å². The molecule has 156 valence electrons. The van der Waals surface area contributed by atoms with Crippen molar-refractivity contribution in [2.45, 2.75) is 19.9 Å². The molecule has 4 rings (SSSR count). The lowest BCUT2D eigenvalue weighted by Gasteiger charge is -2.14. The standard InChI is InChI=1S/C25H23N3O3/c1-17(19-9-5-3-6-10-19)26-24(29)16-31-25(30)20-13-14-23-22(15-20)27-18(2)28(23)21-11-7-4-8-12-21/h3-15,17H,16H2,1-2H3,(H,26,29)/t17-/m1/s1. The van der Waals surface area contributed by atoms with Crippen LogP contribution in [-0.2, 0) is 9.53 Å². The second-order valence-electron chi connectivity index (χ2n) is 7.31. The number of amides is 1. The minimum Gasteiger partial charge on any atom is -0.452 e. The largest absolute Gasteiger partial charge is 0.452 e. The number of rotatable bonds is 6. The van der Waals surface area contributed by atoms with Crippen LogP contribution in [-0.4, -0.2) is 28.0 Å². The summed E-state index contributed by atoms with van der Waals surface area (Å²) >= 11 is 0. The molecule has 6 heteroatoms. The van der Waals surface area contributed by atoms with E-state index in [-0.39, 0.29) is 18.6 Å². The Kier molecular flexibility index (Phi) is 5.80. The molecule has 0 aliphatic carbocycles. The highest BCUT2D eigenvalue weighted by molar-refractivity contribution is 5.95. The van der Waals surface area contributed by atoms with Crippen molar-refractivity contribution in [3.05, 3.63) is 95.8 Å². The highest BCUT2D eigenvalue weighted by Crippen LogP contribution is 2.22. The van der Waals surface area contributed by atoms with Crippen molar-refractivity contribution in [2.24, 2.45) is 0 Å². The van der Waals surface area contributed by atoms with Crippen LogP contribution in [0.2, 0.25) is 0 Å². The Morgan fingerprint density at radius 1 is 1.00 bits per heavy atom. The molecular weight excluding hydrogens is 390 g/mol. The summed E-state index contributed by atoms with van der Waals surface area (Å²) in [7, 11) is 0. The summed E-state index contributed by atoms with van der Waals surface area (Å²) in [6.45, 7) is 3.46. The maximum absolute atomic E-state index is 12.5. The van der Waals surface area contributed by atoms with Gasteiger partial charge in [0.25, 0.3) is 5.91 Å². The fraction of sp³-hybridized carbons (Fsp3) is 0.160. The van der Waals surface area contributed by atoms with Crippen molar-refractivity contribution < 1.29 is 14.3 Å². The number of nitrogens with zero attached hydrogens (tertiary/aromatic N) is 2. The SMILES string of the molecule is Cc1nc2cc(C(=O)OCC(=O)N[C@H](C)c3ccccc3)ccc2n1-c1ccccc1. The zero-order valence-electron chi connectivity index (χ0n) is 17.4. The molecule has 0 radical (unpaired) electrons. The van der Waals surface area contributed by atoms with Crippen molar-refractivity contribution in [1.29, 1.82) is 0 Å². The summed E-state index contributed by atoms with van der Waals surface area (Å²) in [5.41, 5.74) is 3.93. The highest BCUT2D eigenvalue weighted by Gasteiger charge is 2.16. The molecular formula is C25H23N3O3. The Morgan fingerprint density at radius 3 is 2.39 bits per heavy atom. The molecule has 3 aromatic carbocycles. The molecule has 0 aliphatic heterocycles. The Labute approximate surface area is 180 Å². The van der Waals surface area contributed by atoms with E-state index < -0.39 is 5.97 Å². The van der Waals surface area contributed by atoms with Gasteiger partial charge in [-0.25, -0.2) is 9.78 Å². The summed E-state index contributed by atoms with van der Waals surface area (Å²) in [6.07, 6.45) is 0. The predicted octanol–water partition coefficient (Wildman–Crippen LogP) is 4.37. The van der Waals surface area contributed by atoms with Crippen LogP contribution in [0.5, 0.6) is 0 Å². The molecule has 0 bridgehead atoms. The molecule has 4 aromatic rings. The quantitative estimate of drug-likeness (QED) is 0.477. The van der Waals surface area contributed by atoms with Crippen LogP contribution in [0.15, 0.2) is 78.9 Å². The number of para-hydroxylation sites is 1. The Balaban J connectivity index is 1.43. The predicted molar refractivity (Wildman–Crippen MR) is 119 cm³/mol. The molecule has 0 unspecified atom stereocenters. The fourth-order valence-corrected chi connectivity index (χ4v) is 3.55. The molecule has 31 heavy (non-hydrogen) atoms. The maximum atomic E-state index is 12.5. The normalized spacial score (nSPS) is 11.8. The Bertz CT molecular complexity index is 1220. The molecule has 0 spiro atoms. The number of carbonyl (C=O) groups is 2. The van der Waals surface area contributed by atoms with Gasteiger partial charge >= 0.3 is 5.97 Å². The van der Waals surface area contributed by atoms with Crippen molar-refractivity contribution in [3.8, 4) is 5.69 Å². The minimum atomic E-state index is -0.559. The summed E-state index contributed by atoms with van der Waals surface area (Å²) in [5.74, 6) is -0.0905. The number of carbonyl (C=O) groups excluding carboxylic acids is 2. The number of benzene rings is 3. The lowest BCUT2D eigenvalue weighted by Crippen LogP contribution is -2.31. The van der Waals surface area contributed by atoms with E-state index >= 15 is 0 Å². The van der Waals surface area contributed by atoms with Crippen molar-refractivity contribution in [1.82, 2.24) is 14.9 Å². The fourth-order valence-electron chi connectivity index (χ4n) is 3.55. The van der Waals surface area contributed by atoms with Gasteiger partial charge in [-0.1, -0.05) is 48.5 Å². The van der Waals surface area contributed by atoms with Gasteiger partial charge in [-0.2, -0.15) is 0 Å². The van der Waals surface area contributed by atoms with Gasteiger partial charge in [0.05, 0.1) is 22.6 Å². The molecule has 0 saturated carbocycles. The van der Waals surface area contributed by atoms with Crippen molar-refractivity contribution >= 4 is 22.9 Å². The van der Waals surface area contributed by atoms with E-state index in [0.29, 0.717) is 11.1 Å². The number of aromatic nitrogens is 2. The van der Waals surface area contributed by atoms with Gasteiger partial charge < -0.3 is 10.1 Å². The third kappa shape index (κ3) is 4.48. The zero-order chi connectivity index (χ0) is 21.8. The summed E-state index contributed by atoms with van der Waals surface area (Å²) in [6, 6.07) is 24.6. The first-order chi connectivity index (χ1) is 15.0. The highest BCUT2D eigenvalue weighted by atomic mass is 16.5. The van der Waals surface area contributed by atoms with Gasteiger partial charge in [0.2, 0.25) is 0 Å². The van der Waals surface area contributed by atoms with Gasteiger partial charge in [-0.3, -0.25) is 9.36 Å². The van der Waals surface area contributed by atoms with E-state index in [1.54, 1.807) is 12.1 Å². The lowest BCUT2D eigenvalue weighted by atomic mass is 10.1. The number of fused-ring (bicyclic) bond motifs is 1. The average Bonchev–Trinajstić information content (AvgIpc) is 3.13. The van der Waals surface area contributed by atoms with E-state index in [0.717, 1.165) is 22.6 Å². The van der Waals surface area contributed by atoms with E-state index in [1.807, 2.05) is 85.1 Å². The molecule has 1 aromatic heterocycles. The maximum Gasteiger partial charge on any atom is 0.338 e. The number of hydrogen-bond donors (Lipinski definition) is 1. The number of hydrogen-bond acceptors (Lipinski definition) is 4. The van der Waals surface area contributed by atoms with Gasteiger partial charge in [-0.05, 0) is 49.7 Å². The van der Waals surface area contributed by atoms with Gasteiger partial charge in [0, 0.05) is 5.69 Å². The second kappa shape index (κ2) is 8.83. The van der Waals surface area contributed by atoms with Gasteiger partial charge in [0.1, 0.15) is 5.82 Å². The summed E-state index contributed by atoms with van der Waals surface area (Å²) in [4.78, 5) is 29.2. The first-order valence-electron chi connectivity index (χ1n) is 10.1. The summed E-state index contributed by atoms with van der Waals surface area (Å²) < 4.78 is 7.24. The Hall–Kier alpha value is -3.93. The van der Waals surface area contributed by atoms with Crippen molar-refractivity contribution in [3.63, 3.8) is 0 Å². The lowest BCUT2D eigenvalue weighted by molar-refractivity contribution is -0.124. The topological polar surface area (TPSA) is 73.2 Å². The minimum absolute atomic E-state index is 0.173. The molecule has 1 atom stereocenters. The first kappa shape index (κ1) is 20.3. The Morgan fingerprint density at radius 2 is 1.68 bits per heavy atom. The van der Waals surface area contributed by atoms with E-state index in [1.165, 1.54) is 0 Å². The van der Waals surface area contributed by atoms with Crippen LogP contribution in [0, 0.1) is 6.92 Å². The second-order valence-corrected chi connectivity index (χ2v) is 7.31. The number of esters is 1. The molecule has 0 fully saturated rings. The zero-order valence-corrected chi connectivity index (χ0v) is 17.4. The molecule has 1 amide bonds. The molecule has 0 saturated heterocycles. The van der Waals surface area contributed by atoms with Crippen LogP contribution < -0.4 is 5.32 Å². The third-order valence-electron chi connectivity index (χ3n) is 5.08. The van der Waals surface area contributed by atoms with Gasteiger partial charge in [0.15, 0.2) is 6.61 Å². The number of nitrogens with one attached hydrogen (secondary N) is 1. The smallest absolute Gasteiger partial charge is 0.338 e. The molecule has 1 heterocycles. The third-order valence-corrected chi connectivity index (χ3v) is 5.08. The van der Waals surface area contributed by atoms with Crippen molar-refractivity contribution in [2.75, 3.05) is 6.61 Å². The van der Waals surface area contributed by atoms with E-state index in [4.69, 9.17) is 4.74 Å². The van der Waals surface area contributed by atoms with Gasteiger partial charge in [-0.15, -0.1) is 0 Å². The van der Waals surface area contributed by atoms with Crippen LogP contribution in [0.3, 0.4) is 0 Å². The summed E-state index contributed by atoms with van der Waals surface area (Å²) in [5, 5.41) is 2.83. The number of ether oxygens (including phenoxy) is 1. The number of aryl methyl sites for hydroxylation is 1. The number of imidazole rings is 1. The van der Waals surface area contributed by atoms with Crippen LogP contribution in [0.1, 0.15) is 34.7 Å². The monoisotopic (exact) mass is 413 g/mol. The average molecular weight is 413 g/mol. The molecule has 6 nitrogen and oxygen atoms in total. The molecule has 0 aliphatic rings. The van der Waals surface area contributed by atoms with E-state index in [2.05, 4.69) is 10.3 Å². The van der Waals surface area contributed by atoms with Crippen LogP contribution in [0.4, 0.5) is 0 Å². The van der Waals surface area contributed by atoms with E-state index in [9.17, 15) is 9.59 Å². The van der Waals surface area contributed by atoms with Crippen LogP contribution in [0.25, 0.3) is 16.7 Å². The first-order valence-corrected chi connectivity index (χ1v) is 10.1.